The largest absolute Gasteiger partial charge is 0.508 e. The van der Waals surface area contributed by atoms with E-state index < -0.39 is 17.7 Å². The molecular weight excluding hydrogens is 396 g/mol. The zero-order valence-corrected chi connectivity index (χ0v) is 17.8. The van der Waals surface area contributed by atoms with E-state index in [4.69, 9.17) is 4.74 Å². The topological polar surface area (TPSA) is 90.3 Å². The van der Waals surface area contributed by atoms with Gasteiger partial charge in [-0.25, -0.2) is 0 Å². The van der Waals surface area contributed by atoms with Crippen molar-refractivity contribution in [2.24, 2.45) is 0 Å². The Balaban J connectivity index is 1.82. The monoisotopic (exact) mass is 422 g/mol. The highest BCUT2D eigenvalue weighted by Gasteiger charge is 2.46. The molecule has 1 amide bonds. The number of phenolic OH excluding ortho intramolecular Hbond substituents is 1. The maximum atomic E-state index is 13.0. The molecule has 1 fully saturated rings. The highest BCUT2D eigenvalue weighted by molar-refractivity contribution is 6.46. The van der Waals surface area contributed by atoms with Crippen molar-refractivity contribution in [3.8, 4) is 11.5 Å². The van der Waals surface area contributed by atoms with Gasteiger partial charge in [-0.3, -0.25) is 9.59 Å². The molecule has 0 aliphatic carbocycles. The van der Waals surface area contributed by atoms with Gasteiger partial charge < -0.3 is 24.7 Å². The molecule has 2 atom stereocenters. The van der Waals surface area contributed by atoms with Gasteiger partial charge in [0, 0.05) is 25.1 Å². The van der Waals surface area contributed by atoms with Crippen LogP contribution >= 0.6 is 0 Å². The molecule has 2 N–H and O–H groups in total. The summed E-state index contributed by atoms with van der Waals surface area (Å²) in [5.41, 5.74) is 2.01. The Hall–Kier alpha value is -3.32. The molecule has 7 heteroatoms. The van der Waals surface area contributed by atoms with Crippen LogP contribution in [0.5, 0.6) is 11.5 Å². The van der Waals surface area contributed by atoms with Crippen LogP contribution in [-0.4, -0.2) is 65.0 Å². The van der Waals surface area contributed by atoms with Gasteiger partial charge in [-0.05, 0) is 62.5 Å². The van der Waals surface area contributed by atoms with Crippen molar-refractivity contribution in [2.75, 3.05) is 27.2 Å². The van der Waals surface area contributed by atoms with Gasteiger partial charge in [-0.2, -0.15) is 0 Å². The SMILES string of the molecule is C[C@@H]1Cc2cc(C(O)=C3C(=O)C(=O)N(CCN(C)C)[C@@H]3c3cccc(O)c3)ccc2O1. The van der Waals surface area contributed by atoms with Crippen LogP contribution in [0.3, 0.4) is 0 Å². The Morgan fingerprint density at radius 3 is 2.68 bits per heavy atom. The molecule has 2 aliphatic heterocycles. The molecule has 0 saturated carbocycles. The highest BCUT2D eigenvalue weighted by atomic mass is 16.5. The molecule has 0 aromatic heterocycles. The van der Waals surface area contributed by atoms with Gasteiger partial charge in [0.05, 0.1) is 11.6 Å². The second-order valence-electron chi connectivity index (χ2n) is 8.35. The standard InChI is InChI=1S/C24H26N2O5/c1-14-11-17-12-16(7-8-19(17)31-14)22(28)20-21(15-5-4-6-18(27)13-15)26(10-9-25(2)3)24(30)23(20)29/h4-8,12-14,21,27-28H,9-11H2,1-3H3/t14-,21-/m1/s1. The first-order valence-electron chi connectivity index (χ1n) is 10.3. The number of phenols is 1. The van der Waals surface area contributed by atoms with E-state index in [-0.39, 0.29) is 23.2 Å². The molecule has 7 nitrogen and oxygen atoms in total. The van der Waals surface area contributed by atoms with Crippen molar-refractivity contribution < 1.29 is 24.5 Å². The van der Waals surface area contributed by atoms with Crippen molar-refractivity contribution in [1.82, 2.24) is 9.80 Å². The number of aliphatic hydroxyl groups is 1. The fourth-order valence-corrected chi connectivity index (χ4v) is 4.18. The Labute approximate surface area is 181 Å². The number of likely N-dealkylation sites (N-methyl/N-ethyl adjacent to an activating group) is 1. The number of hydrogen-bond acceptors (Lipinski definition) is 6. The molecule has 0 radical (unpaired) electrons. The minimum absolute atomic E-state index is 0.0272. The lowest BCUT2D eigenvalue weighted by Crippen LogP contribution is -2.35. The Bertz CT molecular complexity index is 1080. The smallest absolute Gasteiger partial charge is 0.295 e. The van der Waals surface area contributed by atoms with E-state index in [1.807, 2.05) is 25.9 Å². The lowest BCUT2D eigenvalue weighted by molar-refractivity contribution is -0.140. The summed E-state index contributed by atoms with van der Waals surface area (Å²) in [6.07, 6.45) is 0.764. The molecular formula is C24H26N2O5. The van der Waals surface area contributed by atoms with Crippen LogP contribution in [0.1, 0.15) is 29.7 Å². The van der Waals surface area contributed by atoms with Crippen molar-refractivity contribution in [1.29, 1.82) is 0 Å². The van der Waals surface area contributed by atoms with Crippen LogP contribution in [0, 0.1) is 0 Å². The van der Waals surface area contributed by atoms with Crippen LogP contribution in [-0.2, 0) is 16.0 Å². The highest BCUT2D eigenvalue weighted by Crippen LogP contribution is 2.41. The number of nitrogens with zero attached hydrogens (tertiary/aromatic N) is 2. The normalized spacial score (nSPS) is 22.1. The number of rotatable bonds is 5. The predicted octanol–water partition coefficient (Wildman–Crippen LogP) is 2.70. The van der Waals surface area contributed by atoms with E-state index in [0.717, 1.165) is 11.3 Å². The Kier molecular flexibility index (Phi) is 5.45. The summed E-state index contributed by atoms with van der Waals surface area (Å²) >= 11 is 0. The molecule has 2 aliphatic rings. The van der Waals surface area contributed by atoms with Crippen LogP contribution in [0.15, 0.2) is 48.0 Å². The molecule has 0 unspecified atom stereocenters. The van der Waals surface area contributed by atoms with Gasteiger partial charge in [0.15, 0.2) is 0 Å². The van der Waals surface area contributed by atoms with E-state index in [1.54, 1.807) is 30.3 Å². The molecule has 2 aromatic carbocycles. The molecule has 1 saturated heterocycles. The summed E-state index contributed by atoms with van der Waals surface area (Å²) in [5, 5.41) is 21.2. The lowest BCUT2D eigenvalue weighted by atomic mass is 9.94. The number of carbonyl (C=O) groups is 2. The molecule has 0 bridgehead atoms. The number of fused-ring (bicyclic) bond motifs is 1. The first-order chi connectivity index (χ1) is 14.8. The second-order valence-corrected chi connectivity index (χ2v) is 8.35. The minimum atomic E-state index is -0.782. The van der Waals surface area contributed by atoms with Gasteiger partial charge >= 0.3 is 0 Å². The fourth-order valence-electron chi connectivity index (χ4n) is 4.18. The molecule has 162 valence electrons. The molecule has 2 aromatic rings. The van der Waals surface area contributed by atoms with E-state index in [1.165, 1.54) is 17.0 Å². The summed E-state index contributed by atoms with van der Waals surface area (Å²) in [7, 11) is 3.76. The first kappa shape index (κ1) is 20.9. The van der Waals surface area contributed by atoms with Crippen LogP contribution < -0.4 is 4.74 Å². The average Bonchev–Trinajstić information content (AvgIpc) is 3.22. The quantitative estimate of drug-likeness (QED) is 0.438. The fraction of sp³-hybridized carbons (Fsp3) is 0.333. The summed E-state index contributed by atoms with van der Waals surface area (Å²) < 4.78 is 5.72. The van der Waals surface area contributed by atoms with Gasteiger partial charge in [0.1, 0.15) is 23.4 Å². The summed E-state index contributed by atoms with van der Waals surface area (Å²) in [6.45, 7) is 2.83. The predicted molar refractivity (Wildman–Crippen MR) is 116 cm³/mol. The number of ether oxygens (including phenoxy) is 1. The number of amides is 1. The van der Waals surface area contributed by atoms with Crippen LogP contribution in [0.25, 0.3) is 5.76 Å². The number of benzene rings is 2. The first-order valence-corrected chi connectivity index (χ1v) is 10.3. The van der Waals surface area contributed by atoms with Gasteiger partial charge in [-0.15, -0.1) is 0 Å². The summed E-state index contributed by atoms with van der Waals surface area (Å²) in [5.74, 6) is -0.814. The molecule has 2 heterocycles. The van der Waals surface area contributed by atoms with Crippen molar-refractivity contribution in [2.45, 2.75) is 25.5 Å². The van der Waals surface area contributed by atoms with E-state index in [0.29, 0.717) is 30.6 Å². The van der Waals surface area contributed by atoms with E-state index in [9.17, 15) is 19.8 Å². The summed E-state index contributed by atoms with van der Waals surface area (Å²) in [4.78, 5) is 29.3. The zero-order valence-electron chi connectivity index (χ0n) is 17.8. The Morgan fingerprint density at radius 2 is 1.97 bits per heavy atom. The van der Waals surface area contributed by atoms with Crippen molar-refractivity contribution in [3.63, 3.8) is 0 Å². The third-order valence-corrected chi connectivity index (χ3v) is 5.68. The van der Waals surface area contributed by atoms with Gasteiger partial charge in [-0.1, -0.05) is 12.1 Å². The van der Waals surface area contributed by atoms with Crippen molar-refractivity contribution >= 4 is 17.4 Å². The maximum Gasteiger partial charge on any atom is 0.295 e. The third kappa shape index (κ3) is 3.88. The van der Waals surface area contributed by atoms with Gasteiger partial charge in [0.2, 0.25) is 0 Å². The number of Topliss-reactive ketones (excluding diaryl/α,β-unsaturated/α-hetero) is 1. The maximum absolute atomic E-state index is 13.0. The number of carbonyl (C=O) groups excluding carboxylic acids is 2. The second kappa shape index (κ2) is 8.07. The van der Waals surface area contributed by atoms with E-state index >= 15 is 0 Å². The number of likely N-dealkylation sites (tertiary alicyclic amines) is 1. The zero-order chi connectivity index (χ0) is 22.3. The molecule has 31 heavy (non-hydrogen) atoms. The summed E-state index contributed by atoms with van der Waals surface area (Å²) in [6, 6.07) is 10.9. The molecule has 0 spiro atoms. The number of hydrogen-bond donors (Lipinski definition) is 2. The third-order valence-electron chi connectivity index (χ3n) is 5.68. The van der Waals surface area contributed by atoms with Crippen LogP contribution in [0.2, 0.25) is 0 Å². The van der Waals surface area contributed by atoms with Gasteiger partial charge in [0.25, 0.3) is 11.7 Å². The molecule has 4 rings (SSSR count). The number of aromatic hydroxyl groups is 1. The number of aliphatic hydroxyl groups excluding tert-OH is 1. The van der Waals surface area contributed by atoms with E-state index in [2.05, 4.69) is 0 Å². The van der Waals surface area contributed by atoms with Crippen LogP contribution in [0.4, 0.5) is 0 Å². The lowest BCUT2D eigenvalue weighted by Gasteiger charge is -2.26. The Morgan fingerprint density at radius 1 is 1.19 bits per heavy atom. The number of ketones is 1. The van der Waals surface area contributed by atoms with Crippen molar-refractivity contribution in [3.05, 3.63) is 64.7 Å². The minimum Gasteiger partial charge on any atom is -0.508 e. The average molecular weight is 422 g/mol.